The predicted molar refractivity (Wildman–Crippen MR) is 67.7 cm³/mol. The van der Waals surface area contributed by atoms with Crippen molar-refractivity contribution in [1.29, 1.82) is 0 Å². The van der Waals surface area contributed by atoms with Gasteiger partial charge in [0.1, 0.15) is 0 Å². The third-order valence-electron chi connectivity index (χ3n) is 2.59. The molecule has 3 unspecified atom stereocenters. The molecular formula is C12H19NO2S. The Hall–Kier alpha value is -0.710. The van der Waals surface area contributed by atoms with Crippen LogP contribution in [-0.4, -0.2) is 28.9 Å². The molecule has 1 rings (SSSR count). The van der Waals surface area contributed by atoms with Gasteiger partial charge in [-0.1, -0.05) is 30.3 Å². The molecule has 16 heavy (non-hydrogen) atoms. The van der Waals surface area contributed by atoms with Crippen LogP contribution in [0.1, 0.15) is 18.5 Å². The molecule has 1 aromatic carbocycles. The fraction of sp³-hybridized carbons (Fsp3) is 0.500. The van der Waals surface area contributed by atoms with Gasteiger partial charge < -0.3 is 10.5 Å². The highest BCUT2D eigenvalue weighted by atomic mass is 32.2. The summed E-state index contributed by atoms with van der Waals surface area (Å²) in [5.41, 5.74) is 7.11. The van der Waals surface area contributed by atoms with Crippen molar-refractivity contribution in [3.05, 3.63) is 35.9 Å². The third-order valence-corrected chi connectivity index (χ3v) is 4.29. The molecule has 0 aliphatic heterocycles. The van der Waals surface area contributed by atoms with Crippen LogP contribution in [-0.2, 0) is 15.5 Å². The summed E-state index contributed by atoms with van der Waals surface area (Å²) in [6, 6.07) is 9.59. The van der Waals surface area contributed by atoms with Gasteiger partial charge in [-0.15, -0.1) is 0 Å². The van der Waals surface area contributed by atoms with Crippen molar-refractivity contribution in [3.8, 4) is 0 Å². The summed E-state index contributed by atoms with van der Waals surface area (Å²) < 4.78 is 16.8. The summed E-state index contributed by atoms with van der Waals surface area (Å²) in [5, 5.41) is -0.0578. The van der Waals surface area contributed by atoms with Crippen LogP contribution in [0.4, 0.5) is 0 Å². The van der Waals surface area contributed by atoms with Crippen molar-refractivity contribution in [2.45, 2.75) is 18.2 Å². The molecule has 0 saturated heterocycles. The van der Waals surface area contributed by atoms with E-state index in [9.17, 15) is 4.21 Å². The molecule has 0 bridgehead atoms. The van der Waals surface area contributed by atoms with E-state index in [-0.39, 0.29) is 11.3 Å². The second-order valence-electron chi connectivity index (χ2n) is 3.72. The molecule has 0 aromatic heterocycles. The lowest BCUT2D eigenvalue weighted by Crippen LogP contribution is -2.29. The Bertz CT molecular complexity index is 329. The first-order valence-corrected chi connectivity index (χ1v) is 6.71. The standard InChI is InChI=1S/C12H19NO2S/c1-10(16(14)9-8-15-2)12(13)11-6-4-3-5-7-11/h3-7,10,12H,8-9,13H2,1-2H3. The highest BCUT2D eigenvalue weighted by molar-refractivity contribution is 7.85. The molecule has 2 N–H and O–H groups in total. The topological polar surface area (TPSA) is 52.3 Å². The first kappa shape index (κ1) is 13.4. The van der Waals surface area contributed by atoms with Gasteiger partial charge in [0.05, 0.1) is 11.9 Å². The fourth-order valence-corrected chi connectivity index (χ4v) is 2.65. The summed E-state index contributed by atoms with van der Waals surface area (Å²) in [6.45, 7) is 2.43. The van der Waals surface area contributed by atoms with Gasteiger partial charge in [0.25, 0.3) is 0 Å². The molecule has 1 aromatic rings. The zero-order chi connectivity index (χ0) is 12.0. The molecule has 3 atom stereocenters. The van der Waals surface area contributed by atoms with Crippen LogP contribution in [0.25, 0.3) is 0 Å². The monoisotopic (exact) mass is 241 g/mol. The SMILES string of the molecule is COCCS(=O)C(C)C(N)c1ccccc1. The lowest BCUT2D eigenvalue weighted by molar-refractivity contribution is 0.218. The zero-order valence-electron chi connectivity index (χ0n) is 9.76. The number of hydrogen-bond acceptors (Lipinski definition) is 3. The highest BCUT2D eigenvalue weighted by Crippen LogP contribution is 2.17. The maximum Gasteiger partial charge on any atom is 0.0577 e. The van der Waals surface area contributed by atoms with Crippen LogP contribution in [0.2, 0.25) is 0 Å². The van der Waals surface area contributed by atoms with Crippen molar-refractivity contribution in [2.24, 2.45) is 5.73 Å². The van der Waals surface area contributed by atoms with E-state index in [1.165, 1.54) is 0 Å². The van der Waals surface area contributed by atoms with Gasteiger partial charge in [-0.3, -0.25) is 4.21 Å². The third kappa shape index (κ3) is 3.70. The molecule has 0 heterocycles. The number of rotatable bonds is 6. The Kier molecular flexibility index (Phi) is 5.66. The van der Waals surface area contributed by atoms with Gasteiger partial charge >= 0.3 is 0 Å². The van der Waals surface area contributed by atoms with Gasteiger partial charge in [0, 0.05) is 29.7 Å². The number of benzene rings is 1. The Morgan fingerprint density at radius 3 is 2.56 bits per heavy atom. The summed E-state index contributed by atoms with van der Waals surface area (Å²) in [6.07, 6.45) is 0. The van der Waals surface area contributed by atoms with Crippen LogP contribution in [0.15, 0.2) is 30.3 Å². The van der Waals surface area contributed by atoms with Crippen LogP contribution in [0, 0.1) is 0 Å². The molecule has 0 radical (unpaired) electrons. The fourth-order valence-electron chi connectivity index (χ4n) is 1.46. The average Bonchev–Trinajstić information content (AvgIpc) is 2.35. The highest BCUT2D eigenvalue weighted by Gasteiger charge is 2.20. The second kappa shape index (κ2) is 6.78. The molecule has 0 amide bonds. The summed E-state index contributed by atoms with van der Waals surface area (Å²) >= 11 is 0. The van der Waals surface area contributed by atoms with E-state index in [4.69, 9.17) is 10.5 Å². The summed E-state index contributed by atoms with van der Waals surface area (Å²) in [4.78, 5) is 0. The lowest BCUT2D eigenvalue weighted by atomic mass is 10.1. The summed E-state index contributed by atoms with van der Waals surface area (Å²) in [5.74, 6) is 0.540. The molecule has 3 nitrogen and oxygen atoms in total. The minimum atomic E-state index is -0.945. The van der Waals surface area contributed by atoms with Crippen molar-refractivity contribution >= 4 is 10.8 Å². The molecule has 0 aliphatic carbocycles. The average molecular weight is 241 g/mol. The Morgan fingerprint density at radius 1 is 1.38 bits per heavy atom. The molecular weight excluding hydrogens is 222 g/mol. The second-order valence-corrected chi connectivity index (χ2v) is 5.63. The van der Waals surface area contributed by atoms with E-state index in [0.717, 1.165) is 5.56 Å². The molecule has 0 aliphatic rings. The van der Waals surface area contributed by atoms with Crippen LogP contribution >= 0.6 is 0 Å². The number of ether oxygens (including phenoxy) is 1. The summed E-state index contributed by atoms with van der Waals surface area (Å²) in [7, 11) is 0.665. The smallest absolute Gasteiger partial charge is 0.0577 e. The Morgan fingerprint density at radius 2 is 2.00 bits per heavy atom. The maximum atomic E-state index is 11.9. The van der Waals surface area contributed by atoms with Crippen molar-refractivity contribution in [3.63, 3.8) is 0 Å². The molecule has 0 fully saturated rings. The number of nitrogens with two attached hydrogens (primary N) is 1. The predicted octanol–water partition coefficient (Wildman–Crippen LogP) is 1.47. The van der Waals surface area contributed by atoms with E-state index in [0.29, 0.717) is 12.4 Å². The van der Waals surface area contributed by atoms with Gasteiger partial charge in [-0.2, -0.15) is 0 Å². The van der Waals surface area contributed by atoms with E-state index in [1.54, 1.807) is 7.11 Å². The van der Waals surface area contributed by atoms with E-state index in [2.05, 4.69) is 0 Å². The first-order valence-electron chi connectivity index (χ1n) is 5.33. The molecule has 90 valence electrons. The van der Waals surface area contributed by atoms with Gasteiger partial charge in [0.15, 0.2) is 0 Å². The van der Waals surface area contributed by atoms with E-state index in [1.807, 2.05) is 37.3 Å². The van der Waals surface area contributed by atoms with Crippen LogP contribution < -0.4 is 5.73 Å². The van der Waals surface area contributed by atoms with Crippen molar-refractivity contribution in [1.82, 2.24) is 0 Å². The number of methoxy groups -OCH3 is 1. The van der Waals surface area contributed by atoms with Crippen LogP contribution in [0.3, 0.4) is 0 Å². The maximum absolute atomic E-state index is 11.9. The minimum Gasteiger partial charge on any atom is -0.384 e. The Labute approximate surface area is 99.4 Å². The largest absolute Gasteiger partial charge is 0.384 e. The van der Waals surface area contributed by atoms with Gasteiger partial charge in [-0.05, 0) is 12.5 Å². The lowest BCUT2D eigenvalue weighted by Gasteiger charge is -2.19. The van der Waals surface area contributed by atoms with Crippen LogP contribution in [0.5, 0.6) is 0 Å². The van der Waals surface area contributed by atoms with Gasteiger partial charge in [0.2, 0.25) is 0 Å². The zero-order valence-corrected chi connectivity index (χ0v) is 10.6. The van der Waals surface area contributed by atoms with Crippen molar-refractivity contribution < 1.29 is 8.95 Å². The molecule has 0 saturated carbocycles. The minimum absolute atomic E-state index is 0.0578. The Balaban J connectivity index is 2.60. The molecule has 4 heteroatoms. The van der Waals surface area contributed by atoms with E-state index >= 15 is 0 Å². The molecule has 0 spiro atoms. The quantitative estimate of drug-likeness (QED) is 0.820. The number of hydrogen-bond donors (Lipinski definition) is 1. The van der Waals surface area contributed by atoms with Gasteiger partial charge in [-0.25, -0.2) is 0 Å². The van der Waals surface area contributed by atoms with E-state index < -0.39 is 10.8 Å². The normalized spacial score (nSPS) is 16.7. The van der Waals surface area contributed by atoms with Crippen molar-refractivity contribution in [2.75, 3.05) is 19.5 Å². The first-order chi connectivity index (χ1) is 7.66.